The standard InChI is InChI=1S/C13H17NO5/c1-4-19-11(15)8-14(2)13(17)9-6-5-7-10(18-3)12(9)16/h5-7,16H,4,8H2,1-3H3. The molecule has 0 bridgehead atoms. The molecule has 1 amide bonds. The number of phenols is 1. The van der Waals surface area contributed by atoms with Crippen LogP contribution < -0.4 is 4.74 Å². The van der Waals surface area contributed by atoms with Crippen LogP contribution in [0.4, 0.5) is 0 Å². The van der Waals surface area contributed by atoms with Crippen molar-refractivity contribution < 1.29 is 24.2 Å². The molecule has 1 N–H and O–H groups in total. The summed E-state index contributed by atoms with van der Waals surface area (Å²) in [7, 11) is 2.85. The number of nitrogens with zero attached hydrogens (tertiary/aromatic N) is 1. The van der Waals surface area contributed by atoms with Crippen molar-refractivity contribution in [3.05, 3.63) is 23.8 Å². The van der Waals surface area contributed by atoms with Crippen LogP contribution >= 0.6 is 0 Å². The number of esters is 1. The number of methoxy groups -OCH3 is 1. The van der Waals surface area contributed by atoms with E-state index in [0.717, 1.165) is 0 Å². The number of likely N-dealkylation sites (N-methyl/N-ethyl adjacent to an activating group) is 1. The topological polar surface area (TPSA) is 76.1 Å². The average Bonchev–Trinajstić information content (AvgIpc) is 2.38. The highest BCUT2D eigenvalue weighted by molar-refractivity contribution is 5.98. The Morgan fingerprint density at radius 2 is 2.05 bits per heavy atom. The fourth-order valence-corrected chi connectivity index (χ4v) is 1.54. The average molecular weight is 267 g/mol. The molecule has 0 heterocycles. The summed E-state index contributed by atoms with van der Waals surface area (Å²) in [6.07, 6.45) is 0. The molecule has 104 valence electrons. The molecular formula is C13H17NO5. The Morgan fingerprint density at radius 1 is 1.37 bits per heavy atom. The Hall–Kier alpha value is -2.24. The lowest BCUT2D eigenvalue weighted by Gasteiger charge is -2.17. The van der Waals surface area contributed by atoms with Crippen molar-refractivity contribution in [1.29, 1.82) is 0 Å². The van der Waals surface area contributed by atoms with Crippen molar-refractivity contribution in [2.24, 2.45) is 0 Å². The van der Waals surface area contributed by atoms with E-state index in [0.29, 0.717) is 0 Å². The van der Waals surface area contributed by atoms with Crippen molar-refractivity contribution in [3.8, 4) is 11.5 Å². The molecule has 0 saturated heterocycles. The van der Waals surface area contributed by atoms with Crippen LogP contribution in [0.25, 0.3) is 0 Å². The Bertz CT molecular complexity index is 472. The summed E-state index contributed by atoms with van der Waals surface area (Å²) in [4.78, 5) is 24.5. The zero-order chi connectivity index (χ0) is 14.4. The van der Waals surface area contributed by atoms with Crippen LogP contribution in [0.1, 0.15) is 17.3 Å². The molecule has 0 aliphatic heterocycles. The number of hydrogen-bond donors (Lipinski definition) is 1. The first kappa shape index (κ1) is 14.8. The van der Waals surface area contributed by atoms with Crippen molar-refractivity contribution >= 4 is 11.9 Å². The normalized spacial score (nSPS) is 9.84. The molecule has 1 aromatic carbocycles. The second-order valence-electron chi connectivity index (χ2n) is 3.82. The van der Waals surface area contributed by atoms with Crippen molar-refractivity contribution in [1.82, 2.24) is 4.90 Å². The van der Waals surface area contributed by atoms with Gasteiger partial charge in [0.25, 0.3) is 5.91 Å². The lowest BCUT2D eigenvalue weighted by Crippen LogP contribution is -2.33. The summed E-state index contributed by atoms with van der Waals surface area (Å²) < 4.78 is 9.68. The maximum absolute atomic E-state index is 12.1. The summed E-state index contributed by atoms with van der Waals surface area (Å²) >= 11 is 0. The number of para-hydroxylation sites is 1. The van der Waals surface area contributed by atoms with Crippen LogP contribution in [0.3, 0.4) is 0 Å². The predicted octanol–water partition coefficient (Wildman–Crippen LogP) is 1.04. The van der Waals surface area contributed by atoms with E-state index in [9.17, 15) is 14.7 Å². The van der Waals surface area contributed by atoms with Gasteiger partial charge in [-0.2, -0.15) is 0 Å². The van der Waals surface area contributed by atoms with Crippen LogP contribution in [-0.2, 0) is 9.53 Å². The summed E-state index contributed by atoms with van der Waals surface area (Å²) in [6.45, 7) is 1.77. The van der Waals surface area contributed by atoms with Crippen LogP contribution in [0.5, 0.6) is 11.5 Å². The van der Waals surface area contributed by atoms with Crippen LogP contribution in [0, 0.1) is 0 Å². The molecule has 0 aliphatic rings. The van der Waals surface area contributed by atoms with E-state index in [-0.39, 0.29) is 30.2 Å². The molecule has 0 aromatic heterocycles. The molecule has 0 radical (unpaired) electrons. The molecule has 0 unspecified atom stereocenters. The summed E-state index contributed by atoms with van der Waals surface area (Å²) in [6, 6.07) is 4.59. The predicted molar refractivity (Wildman–Crippen MR) is 68.3 cm³/mol. The van der Waals surface area contributed by atoms with E-state index >= 15 is 0 Å². The number of aromatic hydroxyl groups is 1. The van der Waals surface area contributed by atoms with Crippen molar-refractivity contribution in [2.75, 3.05) is 27.3 Å². The lowest BCUT2D eigenvalue weighted by atomic mass is 10.1. The van der Waals surface area contributed by atoms with Gasteiger partial charge in [-0.25, -0.2) is 0 Å². The Labute approximate surface area is 111 Å². The lowest BCUT2D eigenvalue weighted by molar-refractivity contribution is -0.143. The number of amides is 1. The van der Waals surface area contributed by atoms with Gasteiger partial charge in [0.15, 0.2) is 11.5 Å². The molecule has 1 aromatic rings. The monoisotopic (exact) mass is 267 g/mol. The molecule has 6 heteroatoms. The molecule has 19 heavy (non-hydrogen) atoms. The SMILES string of the molecule is CCOC(=O)CN(C)C(=O)c1cccc(OC)c1O. The fraction of sp³-hybridized carbons (Fsp3) is 0.385. The first-order valence-corrected chi connectivity index (χ1v) is 5.78. The summed E-state index contributed by atoms with van der Waals surface area (Å²) in [5.41, 5.74) is 0.0751. The first-order chi connectivity index (χ1) is 9.01. The highest BCUT2D eigenvalue weighted by atomic mass is 16.5. The van der Waals surface area contributed by atoms with Crippen LogP contribution in [0.15, 0.2) is 18.2 Å². The van der Waals surface area contributed by atoms with Gasteiger partial charge < -0.3 is 19.5 Å². The van der Waals surface area contributed by atoms with Gasteiger partial charge in [-0.05, 0) is 19.1 Å². The maximum Gasteiger partial charge on any atom is 0.325 e. The largest absolute Gasteiger partial charge is 0.504 e. The van der Waals surface area contributed by atoms with Crippen LogP contribution in [-0.4, -0.2) is 49.2 Å². The van der Waals surface area contributed by atoms with E-state index in [4.69, 9.17) is 9.47 Å². The van der Waals surface area contributed by atoms with Gasteiger partial charge in [-0.1, -0.05) is 6.07 Å². The molecule has 6 nitrogen and oxygen atoms in total. The smallest absolute Gasteiger partial charge is 0.325 e. The van der Waals surface area contributed by atoms with Gasteiger partial charge in [0.05, 0.1) is 19.3 Å². The summed E-state index contributed by atoms with van der Waals surface area (Å²) in [5, 5.41) is 9.86. The van der Waals surface area contributed by atoms with Gasteiger partial charge in [0.2, 0.25) is 0 Å². The van der Waals surface area contributed by atoms with E-state index in [1.54, 1.807) is 13.0 Å². The zero-order valence-electron chi connectivity index (χ0n) is 11.2. The third-order valence-corrected chi connectivity index (χ3v) is 2.47. The van der Waals surface area contributed by atoms with E-state index < -0.39 is 11.9 Å². The second kappa shape index (κ2) is 6.63. The van der Waals surface area contributed by atoms with Crippen LogP contribution in [0.2, 0.25) is 0 Å². The van der Waals surface area contributed by atoms with E-state index in [2.05, 4.69) is 0 Å². The Morgan fingerprint density at radius 3 is 2.63 bits per heavy atom. The minimum absolute atomic E-state index is 0.0751. The number of carbonyl (C=O) groups is 2. The fourth-order valence-electron chi connectivity index (χ4n) is 1.54. The molecule has 0 spiro atoms. The van der Waals surface area contributed by atoms with Gasteiger partial charge in [-0.3, -0.25) is 9.59 Å². The second-order valence-corrected chi connectivity index (χ2v) is 3.82. The number of ether oxygens (including phenoxy) is 2. The van der Waals surface area contributed by atoms with Crippen molar-refractivity contribution in [2.45, 2.75) is 6.92 Å². The number of carbonyl (C=O) groups excluding carboxylic acids is 2. The quantitative estimate of drug-likeness (QED) is 0.806. The minimum atomic E-state index is -0.499. The zero-order valence-corrected chi connectivity index (χ0v) is 11.2. The molecular weight excluding hydrogens is 250 g/mol. The Balaban J connectivity index is 2.85. The number of rotatable bonds is 5. The van der Waals surface area contributed by atoms with Gasteiger partial charge in [0, 0.05) is 7.05 Å². The third-order valence-electron chi connectivity index (χ3n) is 2.47. The number of benzene rings is 1. The molecule has 0 saturated carbocycles. The molecule has 0 atom stereocenters. The Kier molecular flexibility index (Phi) is 5.17. The highest BCUT2D eigenvalue weighted by Crippen LogP contribution is 2.29. The molecule has 1 rings (SSSR count). The third kappa shape index (κ3) is 3.61. The highest BCUT2D eigenvalue weighted by Gasteiger charge is 2.20. The molecule has 0 fully saturated rings. The van der Waals surface area contributed by atoms with E-state index in [1.165, 1.54) is 31.2 Å². The van der Waals surface area contributed by atoms with Gasteiger partial charge in [0.1, 0.15) is 6.54 Å². The first-order valence-electron chi connectivity index (χ1n) is 5.78. The maximum atomic E-state index is 12.1. The van der Waals surface area contributed by atoms with Crippen molar-refractivity contribution in [3.63, 3.8) is 0 Å². The van der Waals surface area contributed by atoms with E-state index in [1.807, 2.05) is 0 Å². The minimum Gasteiger partial charge on any atom is -0.504 e. The number of hydrogen-bond acceptors (Lipinski definition) is 5. The van der Waals surface area contributed by atoms with Gasteiger partial charge >= 0.3 is 5.97 Å². The van der Waals surface area contributed by atoms with Gasteiger partial charge in [-0.15, -0.1) is 0 Å². The summed E-state index contributed by atoms with van der Waals surface area (Å²) in [5.74, 6) is -1.02. The molecule has 0 aliphatic carbocycles. The number of phenolic OH excluding ortho intramolecular Hbond substituents is 1.